The molecule has 12 heavy (non-hydrogen) atoms. The third kappa shape index (κ3) is 3.18. The second kappa shape index (κ2) is 4.41. The highest BCUT2D eigenvalue weighted by atomic mass is 16.1. The Hall–Kier alpha value is -0.630. The molecule has 1 aliphatic rings. The average molecular weight is 167 g/mol. The Balaban J connectivity index is 2.32. The molecule has 1 rings (SSSR count). The highest BCUT2D eigenvalue weighted by Gasteiger charge is 2.14. The van der Waals surface area contributed by atoms with Crippen LogP contribution in [0, 0.1) is 0 Å². The summed E-state index contributed by atoms with van der Waals surface area (Å²) in [6, 6.07) is 0. The number of ketones is 1. The van der Waals surface area contributed by atoms with Gasteiger partial charge in [-0.1, -0.05) is 11.6 Å². The molecule has 0 N–H and O–H groups in total. The maximum atomic E-state index is 11.1. The van der Waals surface area contributed by atoms with E-state index in [4.69, 9.17) is 0 Å². The van der Waals surface area contributed by atoms with Crippen molar-refractivity contribution in [2.24, 2.45) is 0 Å². The van der Waals surface area contributed by atoms with E-state index in [0.717, 1.165) is 25.9 Å². The van der Waals surface area contributed by atoms with Crippen molar-refractivity contribution in [3.63, 3.8) is 0 Å². The number of likely N-dealkylation sites (tertiary alicyclic amines) is 1. The molecular weight excluding hydrogens is 150 g/mol. The van der Waals surface area contributed by atoms with Gasteiger partial charge in [0, 0.05) is 13.0 Å². The van der Waals surface area contributed by atoms with Crippen LogP contribution in [-0.2, 0) is 4.79 Å². The highest BCUT2D eigenvalue weighted by molar-refractivity contribution is 5.81. The molecule has 0 radical (unpaired) electrons. The lowest BCUT2D eigenvalue weighted by Gasteiger charge is -2.24. The Bertz CT molecular complexity index is 192. The van der Waals surface area contributed by atoms with E-state index >= 15 is 0 Å². The van der Waals surface area contributed by atoms with Crippen LogP contribution in [0.25, 0.3) is 0 Å². The molecule has 1 fully saturated rings. The summed E-state index contributed by atoms with van der Waals surface area (Å²) in [5.41, 5.74) is 1.33. The Labute approximate surface area is 74.2 Å². The van der Waals surface area contributed by atoms with Gasteiger partial charge < -0.3 is 0 Å². The van der Waals surface area contributed by atoms with E-state index in [1.54, 1.807) is 0 Å². The third-order valence-electron chi connectivity index (χ3n) is 2.09. The first-order valence-electron chi connectivity index (χ1n) is 4.56. The number of piperidine rings is 1. The number of rotatable bonds is 2. The number of nitrogens with zero attached hydrogens (tertiary/aromatic N) is 1. The van der Waals surface area contributed by atoms with E-state index < -0.39 is 0 Å². The number of allylic oxidation sites excluding steroid dienone is 1. The van der Waals surface area contributed by atoms with Crippen LogP contribution < -0.4 is 0 Å². The number of hydrogen-bond donors (Lipinski definition) is 0. The van der Waals surface area contributed by atoms with Crippen molar-refractivity contribution in [3.8, 4) is 0 Å². The minimum absolute atomic E-state index is 0.392. The third-order valence-corrected chi connectivity index (χ3v) is 2.09. The van der Waals surface area contributed by atoms with Gasteiger partial charge in [-0.15, -0.1) is 0 Å². The SMILES string of the molecule is CC(C)=CCN1CCCC(=O)C1. The molecule has 0 aliphatic carbocycles. The largest absolute Gasteiger partial charge is 0.298 e. The van der Waals surface area contributed by atoms with Crippen molar-refractivity contribution in [1.82, 2.24) is 4.90 Å². The lowest BCUT2D eigenvalue weighted by molar-refractivity contribution is -0.121. The molecule has 0 saturated carbocycles. The van der Waals surface area contributed by atoms with Gasteiger partial charge in [0.05, 0.1) is 6.54 Å². The number of hydrogen-bond acceptors (Lipinski definition) is 2. The van der Waals surface area contributed by atoms with Gasteiger partial charge in [-0.3, -0.25) is 9.69 Å². The number of Topliss-reactive ketones (excluding diaryl/α,β-unsaturated/α-hetero) is 1. The minimum Gasteiger partial charge on any atom is -0.298 e. The van der Waals surface area contributed by atoms with Gasteiger partial charge in [-0.2, -0.15) is 0 Å². The van der Waals surface area contributed by atoms with Crippen molar-refractivity contribution in [3.05, 3.63) is 11.6 Å². The first-order chi connectivity index (χ1) is 5.68. The van der Waals surface area contributed by atoms with Crippen molar-refractivity contribution < 1.29 is 4.79 Å². The standard InChI is InChI=1S/C10H17NO/c1-9(2)5-7-11-6-3-4-10(12)8-11/h5H,3-4,6-8H2,1-2H3. The van der Waals surface area contributed by atoms with Crippen LogP contribution in [0.4, 0.5) is 0 Å². The molecule has 0 aromatic carbocycles. The first-order valence-corrected chi connectivity index (χ1v) is 4.56. The molecule has 0 atom stereocenters. The van der Waals surface area contributed by atoms with Gasteiger partial charge >= 0.3 is 0 Å². The molecular formula is C10H17NO. The lowest BCUT2D eigenvalue weighted by atomic mass is 10.1. The van der Waals surface area contributed by atoms with Crippen molar-refractivity contribution in [2.75, 3.05) is 19.6 Å². The van der Waals surface area contributed by atoms with Crippen LogP contribution in [0.1, 0.15) is 26.7 Å². The van der Waals surface area contributed by atoms with E-state index in [9.17, 15) is 4.79 Å². The smallest absolute Gasteiger partial charge is 0.146 e. The molecule has 68 valence electrons. The molecule has 0 bridgehead atoms. The quantitative estimate of drug-likeness (QED) is 0.582. The Morgan fingerprint density at radius 1 is 1.58 bits per heavy atom. The van der Waals surface area contributed by atoms with Crippen LogP contribution in [-0.4, -0.2) is 30.3 Å². The minimum atomic E-state index is 0.392. The second-order valence-electron chi connectivity index (χ2n) is 3.66. The predicted molar refractivity (Wildman–Crippen MR) is 50.1 cm³/mol. The molecule has 0 amide bonds. The van der Waals surface area contributed by atoms with Crippen molar-refractivity contribution in [1.29, 1.82) is 0 Å². The summed E-state index contributed by atoms with van der Waals surface area (Å²) in [5.74, 6) is 0.392. The zero-order chi connectivity index (χ0) is 8.97. The summed E-state index contributed by atoms with van der Waals surface area (Å²) in [6.07, 6.45) is 4.00. The fourth-order valence-corrected chi connectivity index (χ4v) is 1.37. The van der Waals surface area contributed by atoms with Gasteiger partial charge in [0.25, 0.3) is 0 Å². The highest BCUT2D eigenvalue weighted by Crippen LogP contribution is 2.05. The van der Waals surface area contributed by atoms with Crippen LogP contribution in [0.5, 0.6) is 0 Å². The van der Waals surface area contributed by atoms with Crippen molar-refractivity contribution in [2.45, 2.75) is 26.7 Å². The van der Waals surface area contributed by atoms with Gasteiger partial charge in [0.15, 0.2) is 0 Å². The van der Waals surface area contributed by atoms with Crippen LogP contribution in [0.15, 0.2) is 11.6 Å². The van der Waals surface area contributed by atoms with Crippen molar-refractivity contribution >= 4 is 5.78 Å². The molecule has 2 nitrogen and oxygen atoms in total. The van der Waals surface area contributed by atoms with E-state index in [-0.39, 0.29) is 0 Å². The monoisotopic (exact) mass is 167 g/mol. The topological polar surface area (TPSA) is 20.3 Å². The summed E-state index contributed by atoms with van der Waals surface area (Å²) < 4.78 is 0. The zero-order valence-electron chi connectivity index (χ0n) is 7.97. The second-order valence-corrected chi connectivity index (χ2v) is 3.66. The normalized spacial score (nSPS) is 19.3. The van der Waals surface area contributed by atoms with E-state index in [2.05, 4.69) is 24.8 Å². The molecule has 0 aromatic heterocycles. The molecule has 0 spiro atoms. The van der Waals surface area contributed by atoms with Gasteiger partial charge in [-0.05, 0) is 26.8 Å². The molecule has 1 heterocycles. The predicted octanol–water partition coefficient (Wildman–Crippen LogP) is 1.62. The molecule has 0 unspecified atom stereocenters. The fraction of sp³-hybridized carbons (Fsp3) is 0.700. The summed E-state index contributed by atoms with van der Waals surface area (Å²) in [7, 11) is 0. The van der Waals surface area contributed by atoms with Gasteiger partial charge in [0.2, 0.25) is 0 Å². The van der Waals surface area contributed by atoms with E-state index in [1.165, 1.54) is 5.57 Å². The number of carbonyl (C=O) groups is 1. The Kier molecular flexibility index (Phi) is 3.48. The maximum absolute atomic E-state index is 11.1. The maximum Gasteiger partial charge on any atom is 0.146 e. The zero-order valence-corrected chi connectivity index (χ0v) is 7.97. The number of carbonyl (C=O) groups excluding carboxylic acids is 1. The fourth-order valence-electron chi connectivity index (χ4n) is 1.37. The summed E-state index contributed by atoms with van der Waals surface area (Å²) in [4.78, 5) is 13.3. The van der Waals surface area contributed by atoms with Crippen LogP contribution >= 0.6 is 0 Å². The first kappa shape index (κ1) is 9.46. The van der Waals surface area contributed by atoms with Crippen LogP contribution in [0.2, 0.25) is 0 Å². The molecule has 1 saturated heterocycles. The summed E-state index contributed by atoms with van der Waals surface area (Å²) in [5, 5.41) is 0. The Morgan fingerprint density at radius 3 is 2.92 bits per heavy atom. The lowest BCUT2D eigenvalue weighted by Crippen LogP contribution is -2.35. The van der Waals surface area contributed by atoms with E-state index in [0.29, 0.717) is 12.3 Å². The Morgan fingerprint density at radius 2 is 2.33 bits per heavy atom. The summed E-state index contributed by atoms with van der Waals surface area (Å²) in [6.45, 7) is 6.85. The molecule has 0 aromatic rings. The molecule has 1 aliphatic heterocycles. The molecule has 2 heteroatoms. The summed E-state index contributed by atoms with van der Waals surface area (Å²) >= 11 is 0. The van der Waals surface area contributed by atoms with Crippen LogP contribution in [0.3, 0.4) is 0 Å². The van der Waals surface area contributed by atoms with E-state index in [1.807, 2.05) is 0 Å². The average Bonchev–Trinajstić information content (AvgIpc) is 2.01. The van der Waals surface area contributed by atoms with Gasteiger partial charge in [0.1, 0.15) is 5.78 Å². The van der Waals surface area contributed by atoms with Gasteiger partial charge in [-0.25, -0.2) is 0 Å².